The van der Waals surface area contributed by atoms with Gasteiger partial charge in [0.25, 0.3) is 0 Å². The minimum Gasteiger partial charge on any atom is -0.497 e. The summed E-state index contributed by atoms with van der Waals surface area (Å²) in [6, 6.07) is 8.18. The third kappa shape index (κ3) is 7.43. The van der Waals surface area contributed by atoms with Crippen molar-refractivity contribution in [1.29, 1.82) is 0 Å². The molecule has 1 aromatic rings. The molecule has 27 heavy (non-hydrogen) atoms. The fourth-order valence-electron chi connectivity index (χ4n) is 2.93. The average Bonchev–Trinajstić information content (AvgIpc) is 2.69. The Morgan fingerprint density at radius 1 is 1.15 bits per heavy atom. The number of nitrogens with zero attached hydrogens (tertiary/aromatic N) is 3. The third-order valence-electron chi connectivity index (χ3n) is 4.40. The van der Waals surface area contributed by atoms with Crippen LogP contribution in [0.2, 0.25) is 0 Å². The van der Waals surface area contributed by atoms with Crippen molar-refractivity contribution in [3.8, 4) is 5.75 Å². The quantitative estimate of drug-likeness (QED) is 0.288. The maximum atomic E-state index is 11.8. The second-order valence-electron chi connectivity index (χ2n) is 6.10. The van der Waals surface area contributed by atoms with Crippen molar-refractivity contribution in [1.82, 2.24) is 15.1 Å². The molecule has 1 aliphatic heterocycles. The molecule has 0 aromatic heterocycles. The molecule has 8 heteroatoms. The van der Waals surface area contributed by atoms with Crippen molar-refractivity contribution in [2.24, 2.45) is 4.99 Å². The number of hydrogen-bond acceptors (Lipinski definition) is 4. The molecule has 1 saturated heterocycles. The smallest absolute Gasteiger partial charge is 0.409 e. The summed E-state index contributed by atoms with van der Waals surface area (Å²) in [6.07, 6.45) is 1.80. The number of ether oxygens (including phenoxy) is 2. The van der Waals surface area contributed by atoms with E-state index < -0.39 is 0 Å². The van der Waals surface area contributed by atoms with E-state index >= 15 is 0 Å². The van der Waals surface area contributed by atoms with Crippen LogP contribution in [-0.2, 0) is 11.2 Å². The zero-order valence-corrected chi connectivity index (χ0v) is 18.8. The molecule has 7 nitrogen and oxygen atoms in total. The first-order chi connectivity index (χ1) is 12.7. The van der Waals surface area contributed by atoms with Crippen LogP contribution in [-0.4, -0.2) is 75.3 Å². The Bertz CT molecular complexity index is 587. The lowest BCUT2D eigenvalue weighted by Gasteiger charge is -2.35. The van der Waals surface area contributed by atoms with Gasteiger partial charge in [0.2, 0.25) is 0 Å². The molecule has 1 amide bonds. The molecule has 2 rings (SSSR count). The number of benzene rings is 1. The highest BCUT2D eigenvalue weighted by atomic mass is 127. The Labute approximate surface area is 179 Å². The molecule has 1 aliphatic rings. The van der Waals surface area contributed by atoms with E-state index in [0.29, 0.717) is 19.7 Å². The molecule has 152 valence electrons. The predicted octanol–water partition coefficient (Wildman–Crippen LogP) is 2.60. The first-order valence-corrected chi connectivity index (χ1v) is 9.18. The fourth-order valence-corrected chi connectivity index (χ4v) is 2.93. The first-order valence-electron chi connectivity index (χ1n) is 9.18. The van der Waals surface area contributed by atoms with E-state index in [0.717, 1.165) is 44.2 Å². The van der Waals surface area contributed by atoms with Crippen LogP contribution < -0.4 is 10.1 Å². The normalized spacial score (nSPS) is 14.4. The standard InChI is InChI=1S/C19H30N4O3.HI/c1-4-26-19(24)23-14-12-22(13-15-23)18(20-2)21-11-5-6-16-7-9-17(25-3)10-8-16;/h7-10H,4-6,11-15H2,1-3H3,(H,20,21);1H. The molecular weight excluding hydrogens is 459 g/mol. The van der Waals surface area contributed by atoms with E-state index in [-0.39, 0.29) is 30.1 Å². The van der Waals surface area contributed by atoms with Gasteiger partial charge in [-0.05, 0) is 37.5 Å². The lowest BCUT2D eigenvalue weighted by atomic mass is 10.1. The number of nitrogens with one attached hydrogen (secondary N) is 1. The van der Waals surface area contributed by atoms with Crippen LogP contribution in [0.15, 0.2) is 29.3 Å². The van der Waals surface area contributed by atoms with Crippen molar-refractivity contribution in [2.45, 2.75) is 19.8 Å². The molecule has 0 bridgehead atoms. The van der Waals surface area contributed by atoms with Crippen molar-refractivity contribution < 1.29 is 14.3 Å². The number of methoxy groups -OCH3 is 1. The van der Waals surface area contributed by atoms with Crippen molar-refractivity contribution in [2.75, 3.05) is 53.5 Å². The number of aryl methyl sites for hydroxylation is 1. The maximum Gasteiger partial charge on any atom is 0.409 e. The molecule has 0 spiro atoms. The zero-order valence-electron chi connectivity index (χ0n) is 16.4. The Balaban J connectivity index is 0.00000364. The summed E-state index contributed by atoms with van der Waals surface area (Å²) in [7, 11) is 3.47. The summed E-state index contributed by atoms with van der Waals surface area (Å²) in [5.41, 5.74) is 1.30. The van der Waals surface area contributed by atoms with E-state index in [4.69, 9.17) is 9.47 Å². The molecule has 0 aliphatic carbocycles. The van der Waals surface area contributed by atoms with Gasteiger partial charge >= 0.3 is 6.09 Å². The Morgan fingerprint density at radius 3 is 2.33 bits per heavy atom. The second-order valence-corrected chi connectivity index (χ2v) is 6.10. The monoisotopic (exact) mass is 490 g/mol. The number of halogens is 1. The summed E-state index contributed by atoms with van der Waals surface area (Å²) >= 11 is 0. The molecule has 0 atom stereocenters. The lowest BCUT2D eigenvalue weighted by Crippen LogP contribution is -2.54. The molecular formula is C19H31IN4O3. The number of aliphatic imine (C=N–C) groups is 1. The van der Waals surface area contributed by atoms with Gasteiger partial charge in [0.05, 0.1) is 13.7 Å². The highest BCUT2D eigenvalue weighted by Gasteiger charge is 2.23. The van der Waals surface area contributed by atoms with Gasteiger partial charge in [-0.25, -0.2) is 4.79 Å². The van der Waals surface area contributed by atoms with E-state index in [1.165, 1.54) is 5.56 Å². The maximum absolute atomic E-state index is 11.8. The van der Waals surface area contributed by atoms with Crippen molar-refractivity contribution in [3.63, 3.8) is 0 Å². The van der Waals surface area contributed by atoms with Crippen molar-refractivity contribution >= 4 is 36.0 Å². The minimum absolute atomic E-state index is 0. The van der Waals surface area contributed by atoms with E-state index in [2.05, 4.69) is 27.3 Å². The predicted molar refractivity (Wildman–Crippen MR) is 118 cm³/mol. The number of carbonyl (C=O) groups is 1. The number of hydrogen-bond donors (Lipinski definition) is 1. The molecule has 1 fully saturated rings. The first kappa shape index (κ1) is 23.3. The molecule has 0 unspecified atom stereocenters. The van der Waals surface area contributed by atoms with Gasteiger partial charge in [0.1, 0.15) is 5.75 Å². The van der Waals surface area contributed by atoms with Crippen LogP contribution in [0.4, 0.5) is 4.79 Å². The summed E-state index contributed by atoms with van der Waals surface area (Å²) in [5.74, 6) is 1.78. The van der Waals surface area contributed by atoms with Gasteiger partial charge in [-0.15, -0.1) is 24.0 Å². The Hall–Kier alpha value is -1.71. The van der Waals surface area contributed by atoms with Gasteiger partial charge in [-0.2, -0.15) is 0 Å². The topological polar surface area (TPSA) is 66.4 Å². The molecule has 1 N–H and O–H groups in total. The highest BCUT2D eigenvalue weighted by molar-refractivity contribution is 14.0. The van der Waals surface area contributed by atoms with Crippen LogP contribution in [0.3, 0.4) is 0 Å². The van der Waals surface area contributed by atoms with Crippen LogP contribution in [0.1, 0.15) is 18.9 Å². The average molecular weight is 490 g/mol. The Morgan fingerprint density at radius 2 is 1.78 bits per heavy atom. The van der Waals surface area contributed by atoms with Gasteiger partial charge < -0.3 is 24.6 Å². The number of rotatable bonds is 6. The van der Waals surface area contributed by atoms with Crippen LogP contribution >= 0.6 is 24.0 Å². The number of piperazine rings is 1. The van der Waals surface area contributed by atoms with Gasteiger partial charge in [0, 0.05) is 39.8 Å². The van der Waals surface area contributed by atoms with E-state index in [9.17, 15) is 4.79 Å². The Kier molecular flexibility index (Phi) is 10.9. The number of amides is 1. The summed E-state index contributed by atoms with van der Waals surface area (Å²) in [4.78, 5) is 20.1. The zero-order chi connectivity index (χ0) is 18.8. The van der Waals surface area contributed by atoms with Crippen LogP contribution in [0, 0.1) is 0 Å². The molecule has 1 aromatic carbocycles. The molecule has 1 heterocycles. The van der Waals surface area contributed by atoms with Crippen LogP contribution in [0.5, 0.6) is 5.75 Å². The summed E-state index contributed by atoms with van der Waals surface area (Å²) < 4.78 is 10.2. The van der Waals surface area contributed by atoms with Gasteiger partial charge in [-0.3, -0.25) is 4.99 Å². The number of carbonyl (C=O) groups excluding carboxylic acids is 1. The third-order valence-corrected chi connectivity index (χ3v) is 4.40. The lowest BCUT2D eigenvalue weighted by molar-refractivity contribution is 0.0914. The second kappa shape index (κ2) is 12.6. The molecule has 0 saturated carbocycles. The van der Waals surface area contributed by atoms with Crippen LogP contribution in [0.25, 0.3) is 0 Å². The summed E-state index contributed by atoms with van der Waals surface area (Å²) in [6.45, 7) is 5.93. The fraction of sp³-hybridized carbons (Fsp3) is 0.579. The van der Waals surface area contributed by atoms with Gasteiger partial charge in [-0.1, -0.05) is 12.1 Å². The van der Waals surface area contributed by atoms with Gasteiger partial charge in [0.15, 0.2) is 5.96 Å². The van der Waals surface area contributed by atoms with E-state index in [1.54, 1.807) is 19.1 Å². The SMILES string of the molecule is CCOC(=O)N1CCN(C(=NC)NCCCc2ccc(OC)cc2)CC1.I. The minimum atomic E-state index is -0.227. The number of guanidine groups is 1. The van der Waals surface area contributed by atoms with Crippen molar-refractivity contribution in [3.05, 3.63) is 29.8 Å². The largest absolute Gasteiger partial charge is 0.497 e. The van der Waals surface area contributed by atoms with E-state index in [1.807, 2.05) is 19.1 Å². The summed E-state index contributed by atoms with van der Waals surface area (Å²) in [5, 5.41) is 3.42. The highest BCUT2D eigenvalue weighted by Crippen LogP contribution is 2.12. The molecule has 0 radical (unpaired) electrons.